The Hall–Kier alpha value is -1.32. The third-order valence-electron chi connectivity index (χ3n) is 3.90. The molecule has 3 nitrogen and oxygen atoms in total. The van der Waals surface area contributed by atoms with E-state index in [1.807, 2.05) is 0 Å². The molecule has 1 unspecified atom stereocenters. The third kappa shape index (κ3) is 2.16. The monoisotopic (exact) mass is 243 g/mol. The second-order valence-electron chi connectivity index (χ2n) is 5.40. The molecule has 1 aliphatic rings. The number of fused-ring (bicyclic) bond motifs is 1. The van der Waals surface area contributed by atoms with E-state index in [1.54, 1.807) is 0 Å². The summed E-state index contributed by atoms with van der Waals surface area (Å²) >= 11 is 0. The Balaban J connectivity index is 1.86. The van der Waals surface area contributed by atoms with Crippen LogP contribution in [-0.2, 0) is 13.5 Å². The molecule has 0 bridgehead atoms. The number of benzene rings is 1. The van der Waals surface area contributed by atoms with Gasteiger partial charge in [0.05, 0.1) is 0 Å². The second kappa shape index (κ2) is 4.75. The molecule has 0 spiro atoms. The molecule has 0 aliphatic carbocycles. The van der Waals surface area contributed by atoms with Gasteiger partial charge in [-0.25, -0.2) is 0 Å². The van der Waals surface area contributed by atoms with E-state index < -0.39 is 0 Å². The number of aryl methyl sites for hydroxylation is 1. The molecule has 2 heterocycles. The summed E-state index contributed by atoms with van der Waals surface area (Å²) < 4.78 is 2.23. The van der Waals surface area contributed by atoms with E-state index in [0.717, 1.165) is 26.1 Å². The Morgan fingerprint density at radius 1 is 1.28 bits per heavy atom. The highest BCUT2D eigenvalue weighted by atomic mass is 15.2. The molecule has 3 rings (SSSR count). The highest BCUT2D eigenvalue weighted by molar-refractivity contribution is 5.83. The van der Waals surface area contributed by atoms with Crippen molar-refractivity contribution in [2.24, 2.45) is 7.05 Å². The van der Waals surface area contributed by atoms with Crippen molar-refractivity contribution in [2.75, 3.05) is 26.7 Å². The number of nitrogens with zero attached hydrogens (tertiary/aromatic N) is 2. The number of hydrogen-bond acceptors (Lipinski definition) is 2. The van der Waals surface area contributed by atoms with Crippen molar-refractivity contribution in [1.82, 2.24) is 14.8 Å². The zero-order valence-electron chi connectivity index (χ0n) is 11.2. The first kappa shape index (κ1) is 11.8. The highest BCUT2D eigenvalue weighted by Gasteiger charge is 2.18. The van der Waals surface area contributed by atoms with Crippen LogP contribution in [0.2, 0.25) is 0 Å². The predicted molar refractivity (Wildman–Crippen MR) is 75.9 cm³/mol. The first-order valence-corrected chi connectivity index (χ1v) is 6.69. The smallest absolute Gasteiger partial charge is 0.0480 e. The van der Waals surface area contributed by atoms with Crippen LogP contribution >= 0.6 is 0 Å². The minimum absolute atomic E-state index is 0.578. The predicted octanol–water partition coefficient (Wildman–Crippen LogP) is 1.62. The molecule has 0 saturated carbocycles. The minimum atomic E-state index is 0.578. The van der Waals surface area contributed by atoms with Gasteiger partial charge in [-0.05, 0) is 25.1 Å². The SMILES string of the molecule is CN1CCNC(Cc2cn(C)c3ccccc23)C1. The lowest BCUT2D eigenvalue weighted by atomic mass is 10.0. The molecule has 1 N–H and O–H groups in total. The summed E-state index contributed by atoms with van der Waals surface area (Å²) in [7, 11) is 4.34. The van der Waals surface area contributed by atoms with Gasteiger partial charge in [0, 0.05) is 49.8 Å². The van der Waals surface area contributed by atoms with Gasteiger partial charge in [0.15, 0.2) is 0 Å². The Kier molecular flexibility index (Phi) is 3.10. The van der Waals surface area contributed by atoms with Gasteiger partial charge in [-0.1, -0.05) is 18.2 Å². The quantitative estimate of drug-likeness (QED) is 0.865. The van der Waals surface area contributed by atoms with Crippen molar-refractivity contribution in [3.05, 3.63) is 36.0 Å². The number of hydrogen-bond donors (Lipinski definition) is 1. The van der Waals surface area contributed by atoms with Crippen LogP contribution in [0.25, 0.3) is 10.9 Å². The molecule has 2 aromatic rings. The van der Waals surface area contributed by atoms with Crippen LogP contribution in [-0.4, -0.2) is 42.2 Å². The maximum Gasteiger partial charge on any atom is 0.0480 e. The van der Waals surface area contributed by atoms with Crippen molar-refractivity contribution < 1.29 is 0 Å². The zero-order chi connectivity index (χ0) is 12.5. The van der Waals surface area contributed by atoms with Crippen LogP contribution in [0.15, 0.2) is 30.5 Å². The first-order valence-electron chi connectivity index (χ1n) is 6.69. The van der Waals surface area contributed by atoms with E-state index in [4.69, 9.17) is 0 Å². The Labute approximate surface area is 108 Å². The van der Waals surface area contributed by atoms with Gasteiger partial charge in [-0.15, -0.1) is 0 Å². The van der Waals surface area contributed by atoms with Crippen LogP contribution in [0.4, 0.5) is 0 Å². The van der Waals surface area contributed by atoms with E-state index >= 15 is 0 Å². The normalized spacial score (nSPS) is 21.6. The summed E-state index contributed by atoms with van der Waals surface area (Å²) in [4.78, 5) is 2.41. The number of likely N-dealkylation sites (N-methyl/N-ethyl adjacent to an activating group) is 1. The molecule has 1 aromatic carbocycles. The molecule has 3 heteroatoms. The summed E-state index contributed by atoms with van der Waals surface area (Å²) in [5.74, 6) is 0. The minimum Gasteiger partial charge on any atom is -0.350 e. The first-order chi connectivity index (χ1) is 8.74. The fraction of sp³-hybridized carbons (Fsp3) is 0.467. The summed E-state index contributed by atoms with van der Waals surface area (Å²) in [6.45, 7) is 3.40. The van der Waals surface area contributed by atoms with Crippen molar-refractivity contribution in [1.29, 1.82) is 0 Å². The van der Waals surface area contributed by atoms with Gasteiger partial charge in [0.25, 0.3) is 0 Å². The van der Waals surface area contributed by atoms with E-state index in [2.05, 4.69) is 59.3 Å². The van der Waals surface area contributed by atoms with Gasteiger partial charge >= 0.3 is 0 Å². The molecule has 1 fully saturated rings. The van der Waals surface area contributed by atoms with Gasteiger partial charge in [0.2, 0.25) is 0 Å². The third-order valence-corrected chi connectivity index (χ3v) is 3.90. The standard InChI is InChI=1S/C15H21N3/c1-17-8-7-16-13(11-17)9-12-10-18(2)15-6-4-3-5-14(12)15/h3-6,10,13,16H,7-9,11H2,1-2H3. The van der Waals surface area contributed by atoms with Crippen LogP contribution < -0.4 is 5.32 Å². The average molecular weight is 243 g/mol. The largest absolute Gasteiger partial charge is 0.350 e. The van der Waals surface area contributed by atoms with Gasteiger partial charge in [0.1, 0.15) is 0 Å². The fourth-order valence-corrected chi connectivity index (χ4v) is 2.98. The molecule has 1 atom stereocenters. The van der Waals surface area contributed by atoms with Gasteiger partial charge in [-0.3, -0.25) is 0 Å². The Bertz CT molecular complexity index is 544. The summed E-state index contributed by atoms with van der Waals surface area (Å²) in [5, 5.41) is 5.02. The van der Waals surface area contributed by atoms with Crippen LogP contribution in [0.1, 0.15) is 5.56 Å². The number of nitrogens with one attached hydrogen (secondary N) is 1. The van der Waals surface area contributed by atoms with Crippen molar-refractivity contribution in [3.63, 3.8) is 0 Å². The van der Waals surface area contributed by atoms with Crippen LogP contribution in [0.3, 0.4) is 0 Å². The number of para-hydroxylation sites is 1. The lowest BCUT2D eigenvalue weighted by Crippen LogP contribution is -2.49. The van der Waals surface area contributed by atoms with E-state index in [9.17, 15) is 0 Å². The van der Waals surface area contributed by atoms with Crippen LogP contribution in [0.5, 0.6) is 0 Å². The second-order valence-corrected chi connectivity index (χ2v) is 5.40. The van der Waals surface area contributed by atoms with E-state index in [-0.39, 0.29) is 0 Å². The maximum absolute atomic E-state index is 3.62. The van der Waals surface area contributed by atoms with Crippen molar-refractivity contribution in [3.8, 4) is 0 Å². The summed E-state index contributed by atoms with van der Waals surface area (Å²) in [6, 6.07) is 9.25. The van der Waals surface area contributed by atoms with Gasteiger partial charge < -0.3 is 14.8 Å². The summed E-state index contributed by atoms with van der Waals surface area (Å²) in [5.41, 5.74) is 2.79. The van der Waals surface area contributed by atoms with Crippen molar-refractivity contribution in [2.45, 2.75) is 12.5 Å². The molecular formula is C15H21N3. The average Bonchev–Trinajstić information content (AvgIpc) is 2.67. The molecule has 0 amide bonds. The molecule has 96 valence electrons. The molecule has 18 heavy (non-hydrogen) atoms. The zero-order valence-corrected chi connectivity index (χ0v) is 11.2. The topological polar surface area (TPSA) is 20.2 Å². The lowest BCUT2D eigenvalue weighted by Gasteiger charge is -2.30. The fourth-order valence-electron chi connectivity index (χ4n) is 2.98. The lowest BCUT2D eigenvalue weighted by molar-refractivity contribution is 0.238. The molecule has 0 radical (unpaired) electrons. The maximum atomic E-state index is 3.62. The van der Waals surface area contributed by atoms with E-state index in [1.165, 1.54) is 16.5 Å². The number of aromatic nitrogens is 1. The molecule has 1 aliphatic heterocycles. The Morgan fingerprint density at radius 3 is 2.94 bits per heavy atom. The summed E-state index contributed by atoms with van der Waals surface area (Å²) in [6.07, 6.45) is 3.40. The highest BCUT2D eigenvalue weighted by Crippen LogP contribution is 2.21. The molecule has 1 saturated heterocycles. The van der Waals surface area contributed by atoms with Gasteiger partial charge in [-0.2, -0.15) is 0 Å². The van der Waals surface area contributed by atoms with Crippen LogP contribution in [0, 0.1) is 0 Å². The van der Waals surface area contributed by atoms with Crippen molar-refractivity contribution >= 4 is 10.9 Å². The van der Waals surface area contributed by atoms with E-state index in [0.29, 0.717) is 6.04 Å². The molecule has 1 aromatic heterocycles. The number of piperazine rings is 1. The molecular weight excluding hydrogens is 222 g/mol. The Morgan fingerprint density at radius 2 is 2.11 bits per heavy atom. The number of rotatable bonds is 2.